The highest BCUT2D eigenvalue weighted by Crippen LogP contribution is 2.24. The molecule has 3 nitrogen and oxygen atoms in total. The van der Waals surface area contributed by atoms with Gasteiger partial charge >= 0.3 is 0 Å². The number of thiophene rings is 2. The summed E-state index contributed by atoms with van der Waals surface area (Å²) in [7, 11) is 0. The molecule has 0 aliphatic heterocycles. The van der Waals surface area contributed by atoms with Crippen molar-refractivity contribution in [2.45, 2.75) is 19.4 Å². The summed E-state index contributed by atoms with van der Waals surface area (Å²) in [5, 5.41) is 16.9. The van der Waals surface area contributed by atoms with Crippen LogP contribution < -0.4 is 5.32 Å². The van der Waals surface area contributed by atoms with Crippen LogP contribution in [-0.2, 0) is 5.60 Å². The van der Waals surface area contributed by atoms with E-state index in [4.69, 9.17) is 0 Å². The summed E-state index contributed by atoms with van der Waals surface area (Å²) >= 11 is 2.90. The normalized spacial score (nSPS) is 14.2. The first-order valence-electron chi connectivity index (χ1n) is 5.59. The Kier molecular flexibility index (Phi) is 3.85. The second-order valence-corrected chi connectivity index (χ2v) is 6.28. The molecule has 0 saturated carbocycles. The van der Waals surface area contributed by atoms with E-state index in [1.54, 1.807) is 6.92 Å². The maximum atomic E-state index is 11.9. The predicted octanol–water partition coefficient (Wildman–Crippen LogP) is 2.76. The van der Waals surface area contributed by atoms with E-state index in [9.17, 15) is 9.90 Å². The van der Waals surface area contributed by atoms with Crippen molar-refractivity contribution in [3.8, 4) is 0 Å². The van der Waals surface area contributed by atoms with E-state index in [1.165, 1.54) is 22.7 Å². The van der Waals surface area contributed by atoms with E-state index in [0.29, 0.717) is 4.88 Å². The van der Waals surface area contributed by atoms with Gasteiger partial charge in [-0.05, 0) is 42.3 Å². The first-order valence-corrected chi connectivity index (χ1v) is 7.35. The average Bonchev–Trinajstić information content (AvgIpc) is 2.96. The largest absolute Gasteiger partial charge is 0.383 e. The van der Waals surface area contributed by atoms with Gasteiger partial charge in [0.25, 0.3) is 5.91 Å². The zero-order valence-corrected chi connectivity index (χ0v) is 11.9. The van der Waals surface area contributed by atoms with Crippen molar-refractivity contribution in [2.75, 3.05) is 6.54 Å². The van der Waals surface area contributed by atoms with Crippen LogP contribution in [0.4, 0.5) is 0 Å². The van der Waals surface area contributed by atoms with E-state index in [1.807, 2.05) is 35.9 Å². The summed E-state index contributed by atoms with van der Waals surface area (Å²) in [6, 6.07) is 5.60. The first kappa shape index (κ1) is 13.3. The molecule has 0 saturated heterocycles. The molecule has 0 fully saturated rings. The Bertz CT molecular complexity index is 529. The third kappa shape index (κ3) is 2.98. The predicted molar refractivity (Wildman–Crippen MR) is 75.3 cm³/mol. The summed E-state index contributed by atoms with van der Waals surface area (Å²) in [5.41, 5.74) is 0.0611. The smallest absolute Gasteiger partial charge is 0.261 e. The monoisotopic (exact) mass is 281 g/mol. The van der Waals surface area contributed by atoms with Gasteiger partial charge in [0.15, 0.2) is 0 Å². The molecule has 2 heterocycles. The molecule has 2 aromatic rings. The van der Waals surface area contributed by atoms with Crippen molar-refractivity contribution in [3.05, 3.63) is 44.3 Å². The molecule has 18 heavy (non-hydrogen) atoms. The fraction of sp³-hybridized carbons (Fsp3) is 0.308. The van der Waals surface area contributed by atoms with E-state index in [-0.39, 0.29) is 12.5 Å². The van der Waals surface area contributed by atoms with Gasteiger partial charge in [0.05, 0.1) is 11.4 Å². The summed E-state index contributed by atoms with van der Waals surface area (Å²) in [6.07, 6.45) is 0. The summed E-state index contributed by atoms with van der Waals surface area (Å²) in [5.74, 6) is -0.134. The summed E-state index contributed by atoms with van der Waals surface area (Å²) in [4.78, 5) is 13.4. The third-order valence-electron chi connectivity index (χ3n) is 2.60. The molecule has 1 amide bonds. The zero-order valence-electron chi connectivity index (χ0n) is 10.3. The van der Waals surface area contributed by atoms with Gasteiger partial charge in [-0.25, -0.2) is 0 Å². The highest BCUT2D eigenvalue weighted by Gasteiger charge is 2.25. The minimum atomic E-state index is -1.02. The molecule has 1 atom stereocenters. The van der Waals surface area contributed by atoms with Gasteiger partial charge in [0, 0.05) is 4.88 Å². The van der Waals surface area contributed by atoms with Gasteiger partial charge in [0.1, 0.15) is 5.60 Å². The Morgan fingerprint density at radius 3 is 2.83 bits per heavy atom. The number of carbonyl (C=O) groups excluding carboxylic acids is 1. The Morgan fingerprint density at radius 2 is 2.28 bits per heavy atom. The van der Waals surface area contributed by atoms with Crippen LogP contribution in [0.1, 0.15) is 27.0 Å². The van der Waals surface area contributed by atoms with Crippen molar-refractivity contribution < 1.29 is 9.90 Å². The van der Waals surface area contributed by atoms with Crippen LogP contribution in [0, 0.1) is 6.92 Å². The van der Waals surface area contributed by atoms with Crippen LogP contribution in [0.5, 0.6) is 0 Å². The van der Waals surface area contributed by atoms with Crippen LogP contribution in [0.25, 0.3) is 0 Å². The van der Waals surface area contributed by atoms with Gasteiger partial charge in [-0.1, -0.05) is 6.07 Å². The molecule has 2 N–H and O–H groups in total. The lowest BCUT2D eigenvalue weighted by molar-refractivity contribution is 0.0558. The second-order valence-electron chi connectivity index (χ2n) is 4.42. The van der Waals surface area contributed by atoms with E-state index in [2.05, 4.69) is 5.32 Å². The minimum Gasteiger partial charge on any atom is -0.383 e. The minimum absolute atomic E-state index is 0.134. The van der Waals surface area contributed by atoms with Crippen LogP contribution in [-0.4, -0.2) is 17.6 Å². The molecule has 0 aliphatic rings. The molecule has 1 unspecified atom stereocenters. The van der Waals surface area contributed by atoms with Crippen molar-refractivity contribution >= 4 is 28.6 Å². The Balaban J connectivity index is 1.98. The van der Waals surface area contributed by atoms with Crippen LogP contribution in [0.2, 0.25) is 0 Å². The van der Waals surface area contributed by atoms with E-state index >= 15 is 0 Å². The first-order chi connectivity index (χ1) is 8.49. The molecule has 0 aromatic carbocycles. The Morgan fingerprint density at radius 1 is 1.50 bits per heavy atom. The Labute approximate surface area is 114 Å². The summed E-state index contributed by atoms with van der Waals surface area (Å²) < 4.78 is 0. The van der Waals surface area contributed by atoms with E-state index in [0.717, 1.165) is 10.4 Å². The zero-order chi connectivity index (χ0) is 13.2. The number of carbonyl (C=O) groups is 1. The van der Waals surface area contributed by atoms with Crippen molar-refractivity contribution in [1.29, 1.82) is 0 Å². The quantitative estimate of drug-likeness (QED) is 0.905. The van der Waals surface area contributed by atoms with Gasteiger partial charge < -0.3 is 10.4 Å². The summed E-state index contributed by atoms with van der Waals surface area (Å²) in [6.45, 7) is 3.87. The molecule has 0 radical (unpaired) electrons. The third-order valence-corrected chi connectivity index (χ3v) is 4.77. The fourth-order valence-corrected chi connectivity index (χ4v) is 3.16. The average molecular weight is 281 g/mol. The number of hydrogen-bond acceptors (Lipinski definition) is 4. The molecule has 96 valence electrons. The lowest BCUT2D eigenvalue weighted by Crippen LogP contribution is -2.37. The van der Waals surface area contributed by atoms with Crippen LogP contribution >= 0.6 is 22.7 Å². The van der Waals surface area contributed by atoms with Crippen molar-refractivity contribution in [3.63, 3.8) is 0 Å². The standard InChI is InChI=1S/C13H15NO2S2/c1-9-6-10(18-7-9)12(15)14-8-13(2,16)11-4-3-5-17-11/h3-7,16H,8H2,1-2H3,(H,14,15). The molecule has 0 aliphatic carbocycles. The highest BCUT2D eigenvalue weighted by atomic mass is 32.1. The van der Waals surface area contributed by atoms with Crippen LogP contribution in [0.15, 0.2) is 29.0 Å². The molecular weight excluding hydrogens is 266 g/mol. The van der Waals surface area contributed by atoms with Gasteiger partial charge in [-0.15, -0.1) is 22.7 Å². The molecule has 2 rings (SSSR count). The lowest BCUT2D eigenvalue weighted by Gasteiger charge is -2.22. The fourth-order valence-electron chi connectivity index (χ4n) is 1.56. The van der Waals surface area contributed by atoms with Gasteiger partial charge in [-0.2, -0.15) is 0 Å². The number of aliphatic hydroxyl groups is 1. The maximum Gasteiger partial charge on any atom is 0.261 e. The molecule has 0 spiro atoms. The highest BCUT2D eigenvalue weighted by molar-refractivity contribution is 7.12. The molecule has 0 bridgehead atoms. The van der Waals surface area contributed by atoms with E-state index < -0.39 is 5.60 Å². The number of hydrogen-bond donors (Lipinski definition) is 2. The second kappa shape index (κ2) is 5.22. The Hall–Kier alpha value is -1.17. The van der Waals surface area contributed by atoms with Crippen molar-refractivity contribution in [1.82, 2.24) is 5.32 Å². The lowest BCUT2D eigenvalue weighted by atomic mass is 10.1. The van der Waals surface area contributed by atoms with Gasteiger partial charge in [-0.3, -0.25) is 4.79 Å². The van der Waals surface area contributed by atoms with Gasteiger partial charge in [0.2, 0.25) is 0 Å². The molecular formula is C13H15NO2S2. The number of amides is 1. The number of nitrogens with one attached hydrogen (secondary N) is 1. The maximum absolute atomic E-state index is 11.9. The molecule has 2 aromatic heterocycles. The topological polar surface area (TPSA) is 49.3 Å². The number of rotatable bonds is 4. The SMILES string of the molecule is Cc1csc(C(=O)NCC(C)(O)c2cccs2)c1. The van der Waals surface area contributed by atoms with Crippen molar-refractivity contribution in [2.24, 2.45) is 0 Å². The van der Waals surface area contributed by atoms with Crippen LogP contribution in [0.3, 0.4) is 0 Å². The number of aryl methyl sites for hydroxylation is 1. The molecule has 5 heteroatoms.